The van der Waals surface area contributed by atoms with E-state index in [9.17, 15) is 24.0 Å². The standard InChI is InChI=1S/C21H25N3O6/c1-13-5-2-3-8-16(13)22-21(29)23-17(25)12-30-20(28)14-6-4-7-15(11-14)24-18(26)9-10-19(24)27/h4,6-7,11,13,16H,2-3,5,8-10,12H2,1H3,(H2,22,23,25,29)/t13-,16-/m1/s1. The van der Waals surface area contributed by atoms with Gasteiger partial charge in [-0.25, -0.2) is 9.59 Å². The van der Waals surface area contributed by atoms with Crippen molar-refractivity contribution in [2.75, 3.05) is 11.5 Å². The molecule has 0 unspecified atom stereocenters. The summed E-state index contributed by atoms with van der Waals surface area (Å²) in [6.45, 7) is 1.43. The molecule has 0 bridgehead atoms. The number of ether oxygens (including phenoxy) is 1. The summed E-state index contributed by atoms with van der Waals surface area (Å²) in [5, 5.41) is 4.94. The third kappa shape index (κ3) is 5.22. The van der Waals surface area contributed by atoms with E-state index in [1.165, 1.54) is 18.2 Å². The van der Waals surface area contributed by atoms with Gasteiger partial charge in [-0.05, 0) is 37.0 Å². The van der Waals surface area contributed by atoms with Crippen molar-refractivity contribution in [3.63, 3.8) is 0 Å². The third-order valence-corrected chi connectivity index (χ3v) is 5.41. The molecular formula is C21H25N3O6. The van der Waals surface area contributed by atoms with Gasteiger partial charge in [-0.15, -0.1) is 0 Å². The lowest BCUT2D eigenvalue weighted by Crippen LogP contribution is -2.48. The van der Waals surface area contributed by atoms with Crippen molar-refractivity contribution in [3.05, 3.63) is 29.8 Å². The highest BCUT2D eigenvalue weighted by Gasteiger charge is 2.30. The molecule has 9 nitrogen and oxygen atoms in total. The Bertz CT molecular complexity index is 852. The summed E-state index contributed by atoms with van der Waals surface area (Å²) < 4.78 is 4.95. The number of carbonyl (C=O) groups is 5. The number of anilines is 1. The Morgan fingerprint density at radius 3 is 2.50 bits per heavy atom. The first-order valence-corrected chi connectivity index (χ1v) is 10.1. The number of carbonyl (C=O) groups excluding carboxylic acids is 5. The zero-order chi connectivity index (χ0) is 21.7. The topological polar surface area (TPSA) is 122 Å². The van der Waals surface area contributed by atoms with Gasteiger partial charge in [0.05, 0.1) is 11.3 Å². The summed E-state index contributed by atoms with van der Waals surface area (Å²) >= 11 is 0. The van der Waals surface area contributed by atoms with Crippen LogP contribution in [0.2, 0.25) is 0 Å². The lowest BCUT2D eigenvalue weighted by molar-refractivity contribution is -0.123. The Morgan fingerprint density at radius 2 is 1.80 bits per heavy atom. The van der Waals surface area contributed by atoms with E-state index >= 15 is 0 Å². The van der Waals surface area contributed by atoms with Gasteiger partial charge in [-0.1, -0.05) is 25.8 Å². The normalized spacial score (nSPS) is 21.3. The fraction of sp³-hybridized carbons (Fsp3) is 0.476. The van der Waals surface area contributed by atoms with Crippen LogP contribution < -0.4 is 15.5 Å². The summed E-state index contributed by atoms with van der Waals surface area (Å²) in [6.07, 6.45) is 4.34. The Balaban J connectivity index is 1.49. The van der Waals surface area contributed by atoms with Crippen molar-refractivity contribution in [3.8, 4) is 0 Å². The maximum Gasteiger partial charge on any atom is 0.338 e. The van der Waals surface area contributed by atoms with E-state index in [0.717, 1.165) is 30.6 Å². The molecule has 2 fully saturated rings. The van der Waals surface area contributed by atoms with E-state index in [1.807, 2.05) is 0 Å². The molecule has 1 saturated heterocycles. The summed E-state index contributed by atoms with van der Waals surface area (Å²) in [5.41, 5.74) is 0.371. The summed E-state index contributed by atoms with van der Waals surface area (Å²) in [5.74, 6) is -1.86. The smallest absolute Gasteiger partial charge is 0.338 e. The first-order chi connectivity index (χ1) is 14.3. The Labute approximate surface area is 174 Å². The fourth-order valence-corrected chi connectivity index (χ4v) is 3.75. The van der Waals surface area contributed by atoms with Crippen LogP contribution in [0.5, 0.6) is 0 Å². The van der Waals surface area contributed by atoms with E-state index in [-0.39, 0.29) is 41.9 Å². The number of benzene rings is 1. The minimum Gasteiger partial charge on any atom is -0.452 e. The van der Waals surface area contributed by atoms with Gasteiger partial charge in [-0.3, -0.25) is 24.6 Å². The predicted molar refractivity (Wildman–Crippen MR) is 107 cm³/mol. The van der Waals surface area contributed by atoms with Crippen LogP contribution in [0.4, 0.5) is 10.5 Å². The molecular weight excluding hydrogens is 390 g/mol. The van der Waals surface area contributed by atoms with Gasteiger partial charge in [0.25, 0.3) is 5.91 Å². The molecule has 1 aliphatic carbocycles. The second-order valence-electron chi connectivity index (χ2n) is 7.64. The number of urea groups is 1. The monoisotopic (exact) mass is 415 g/mol. The molecule has 1 aliphatic heterocycles. The lowest BCUT2D eigenvalue weighted by atomic mass is 9.86. The van der Waals surface area contributed by atoms with Gasteiger partial charge in [0.1, 0.15) is 0 Å². The molecule has 0 aromatic heterocycles. The zero-order valence-corrected chi connectivity index (χ0v) is 16.8. The molecule has 1 aromatic rings. The van der Waals surface area contributed by atoms with Crippen LogP contribution >= 0.6 is 0 Å². The molecule has 1 heterocycles. The van der Waals surface area contributed by atoms with Gasteiger partial charge in [-0.2, -0.15) is 0 Å². The van der Waals surface area contributed by atoms with Crippen molar-refractivity contribution >= 4 is 35.4 Å². The number of imide groups is 2. The van der Waals surface area contributed by atoms with Crippen LogP contribution in [0.15, 0.2) is 24.3 Å². The van der Waals surface area contributed by atoms with Crippen LogP contribution in [0.3, 0.4) is 0 Å². The van der Waals surface area contributed by atoms with Gasteiger partial charge < -0.3 is 10.1 Å². The first kappa shape index (κ1) is 21.5. The Morgan fingerprint density at radius 1 is 1.10 bits per heavy atom. The number of hydrogen-bond donors (Lipinski definition) is 2. The predicted octanol–water partition coefficient (Wildman–Crippen LogP) is 1.90. The first-order valence-electron chi connectivity index (χ1n) is 10.1. The van der Waals surface area contributed by atoms with E-state index < -0.39 is 24.5 Å². The third-order valence-electron chi connectivity index (χ3n) is 5.41. The maximum atomic E-state index is 12.2. The molecule has 160 valence electrons. The molecule has 0 spiro atoms. The van der Waals surface area contributed by atoms with Crippen LogP contribution in [0.25, 0.3) is 0 Å². The average molecular weight is 415 g/mol. The van der Waals surface area contributed by atoms with Crippen molar-refractivity contribution in [2.24, 2.45) is 5.92 Å². The van der Waals surface area contributed by atoms with Crippen LogP contribution in [0, 0.1) is 5.92 Å². The van der Waals surface area contributed by atoms with Crippen LogP contribution in [-0.4, -0.2) is 42.4 Å². The molecule has 2 atom stereocenters. The van der Waals surface area contributed by atoms with Crippen LogP contribution in [0.1, 0.15) is 55.8 Å². The highest BCUT2D eigenvalue weighted by atomic mass is 16.5. The SMILES string of the molecule is C[C@@H]1CCCC[C@H]1NC(=O)NC(=O)COC(=O)c1cccc(N2C(=O)CCC2=O)c1. The molecule has 9 heteroatoms. The molecule has 30 heavy (non-hydrogen) atoms. The minimum absolute atomic E-state index is 0.0212. The van der Waals surface area contributed by atoms with Gasteiger partial charge >= 0.3 is 12.0 Å². The van der Waals surface area contributed by atoms with Gasteiger partial charge in [0.2, 0.25) is 11.8 Å². The minimum atomic E-state index is -0.799. The Hall–Kier alpha value is -3.23. The fourth-order valence-electron chi connectivity index (χ4n) is 3.75. The number of rotatable bonds is 5. The van der Waals surface area contributed by atoms with Gasteiger partial charge in [0.15, 0.2) is 6.61 Å². The quantitative estimate of drug-likeness (QED) is 0.560. The average Bonchev–Trinajstić information content (AvgIpc) is 3.06. The zero-order valence-electron chi connectivity index (χ0n) is 16.8. The maximum absolute atomic E-state index is 12.2. The molecule has 0 radical (unpaired) electrons. The van der Waals surface area contributed by atoms with E-state index in [1.54, 1.807) is 6.07 Å². The lowest BCUT2D eigenvalue weighted by Gasteiger charge is -2.29. The van der Waals surface area contributed by atoms with Crippen molar-refractivity contribution in [1.82, 2.24) is 10.6 Å². The van der Waals surface area contributed by atoms with Crippen LogP contribution in [-0.2, 0) is 19.1 Å². The van der Waals surface area contributed by atoms with E-state index in [4.69, 9.17) is 4.74 Å². The number of hydrogen-bond acceptors (Lipinski definition) is 6. The summed E-state index contributed by atoms with van der Waals surface area (Å²) in [7, 11) is 0. The number of nitrogens with zero attached hydrogens (tertiary/aromatic N) is 1. The summed E-state index contributed by atoms with van der Waals surface area (Å²) in [4.78, 5) is 60.9. The van der Waals surface area contributed by atoms with Crippen molar-refractivity contribution < 1.29 is 28.7 Å². The highest BCUT2D eigenvalue weighted by molar-refractivity contribution is 6.20. The molecule has 2 aliphatic rings. The molecule has 5 amide bonds. The van der Waals surface area contributed by atoms with E-state index in [2.05, 4.69) is 17.6 Å². The van der Waals surface area contributed by atoms with Gasteiger partial charge in [0, 0.05) is 18.9 Å². The van der Waals surface area contributed by atoms with Crippen molar-refractivity contribution in [1.29, 1.82) is 0 Å². The highest BCUT2D eigenvalue weighted by Crippen LogP contribution is 2.24. The largest absolute Gasteiger partial charge is 0.452 e. The summed E-state index contributed by atoms with van der Waals surface area (Å²) in [6, 6.07) is 5.28. The molecule has 2 N–H and O–H groups in total. The van der Waals surface area contributed by atoms with Crippen molar-refractivity contribution in [2.45, 2.75) is 51.5 Å². The molecule has 3 rings (SSSR count). The van der Waals surface area contributed by atoms with E-state index in [0.29, 0.717) is 5.92 Å². The number of esters is 1. The second kappa shape index (κ2) is 9.51. The second-order valence-corrected chi connectivity index (χ2v) is 7.64. The molecule has 1 saturated carbocycles. The molecule has 1 aromatic carbocycles. The Kier molecular flexibility index (Phi) is 6.81. The number of nitrogens with one attached hydrogen (secondary N) is 2. The number of amides is 5.